The molecule has 10 rings (SSSR count). The first-order valence-electron chi connectivity index (χ1n) is 17.3. The summed E-state index contributed by atoms with van der Waals surface area (Å²) in [6.07, 6.45) is 0. The van der Waals surface area contributed by atoms with E-state index in [1.807, 2.05) is 0 Å². The fourth-order valence-electron chi connectivity index (χ4n) is 8.72. The lowest BCUT2D eigenvalue weighted by Crippen LogP contribution is -2.14. The zero-order valence-electron chi connectivity index (χ0n) is 27.7. The molecular weight excluding hydrogens is 589 g/mol. The summed E-state index contributed by atoms with van der Waals surface area (Å²) >= 11 is 0. The van der Waals surface area contributed by atoms with Crippen LogP contribution in [0.15, 0.2) is 170 Å². The summed E-state index contributed by atoms with van der Waals surface area (Å²) in [5.41, 5.74) is 13.1. The van der Waals surface area contributed by atoms with Crippen LogP contribution in [0.2, 0.25) is 0 Å². The van der Waals surface area contributed by atoms with Crippen molar-refractivity contribution in [2.75, 3.05) is 0 Å². The van der Waals surface area contributed by atoms with Crippen LogP contribution in [0.25, 0.3) is 87.6 Å². The first-order chi connectivity index (χ1) is 24.1. The Hall–Kier alpha value is -5.98. The molecular formula is C49H34. The van der Waals surface area contributed by atoms with Crippen LogP contribution >= 0.6 is 0 Å². The average molecular weight is 623 g/mol. The standard InChI is InChI=1S/C49H34/c1-49(2)44-28-27-35(30-43(44)48-38-16-6-4-13-32(38)26-29-45(48)49)47-41-19-9-7-17-39(41)46(40-18-8-10-20-42(40)47)34-24-22-33(23-25-34)37-21-11-14-31-12-3-5-15-36(31)37/h3-30H,1-2H3. The Morgan fingerprint density at radius 3 is 1.43 bits per heavy atom. The lowest BCUT2D eigenvalue weighted by molar-refractivity contribution is 0.661. The van der Waals surface area contributed by atoms with Crippen LogP contribution < -0.4 is 0 Å². The molecule has 0 radical (unpaired) electrons. The summed E-state index contributed by atoms with van der Waals surface area (Å²) in [6.45, 7) is 4.74. The van der Waals surface area contributed by atoms with Gasteiger partial charge in [-0.3, -0.25) is 0 Å². The number of rotatable bonds is 3. The van der Waals surface area contributed by atoms with Gasteiger partial charge in [-0.1, -0.05) is 178 Å². The molecule has 0 N–H and O–H groups in total. The molecule has 0 amide bonds. The van der Waals surface area contributed by atoms with Crippen LogP contribution in [0.3, 0.4) is 0 Å². The van der Waals surface area contributed by atoms with Gasteiger partial charge in [-0.25, -0.2) is 0 Å². The maximum Gasteiger partial charge on any atom is 0.0159 e. The van der Waals surface area contributed by atoms with Crippen LogP contribution in [0.5, 0.6) is 0 Å². The van der Waals surface area contributed by atoms with E-state index >= 15 is 0 Å². The van der Waals surface area contributed by atoms with Gasteiger partial charge in [0.25, 0.3) is 0 Å². The van der Waals surface area contributed by atoms with Crippen LogP contribution in [-0.4, -0.2) is 0 Å². The van der Waals surface area contributed by atoms with Crippen LogP contribution in [-0.2, 0) is 5.41 Å². The summed E-state index contributed by atoms with van der Waals surface area (Å²) in [5.74, 6) is 0. The van der Waals surface area contributed by atoms with Gasteiger partial charge in [-0.2, -0.15) is 0 Å². The monoisotopic (exact) mass is 622 g/mol. The Labute approximate surface area is 286 Å². The summed E-state index contributed by atoms with van der Waals surface area (Å²) in [5, 5.41) is 10.3. The van der Waals surface area contributed by atoms with Crippen molar-refractivity contribution in [2.45, 2.75) is 19.3 Å². The topological polar surface area (TPSA) is 0 Å². The Morgan fingerprint density at radius 1 is 0.306 bits per heavy atom. The summed E-state index contributed by atoms with van der Waals surface area (Å²) in [4.78, 5) is 0. The van der Waals surface area contributed by atoms with Crippen molar-refractivity contribution in [1.29, 1.82) is 0 Å². The Balaban J connectivity index is 1.19. The van der Waals surface area contributed by atoms with E-state index in [0.29, 0.717) is 0 Å². The molecule has 0 saturated carbocycles. The fourth-order valence-corrected chi connectivity index (χ4v) is 8.72. The summed E-state index contributed by atoms with van der Waals surface area (Å²) in [7, 11) is 0. The van der Waals surface area contributed by atoms with Crippen molar-refractivity contribution in [1.82, 2.24) is 0 Å². The average Bonchev–Trinajstić information content (AvgIpc) is 3.39. The highest BCUT2D eigenvalue weighted by molar-refractivity contribution is 6.21. The predicted octanol–water partition coefficient (Wildman–Crippen LogP) is 13.6. The molecule has 230 valence electrons. The molecule has 0 nitrogen and oxygen atoms in total. The zero-order valence-corrected chi connectivity index (χ0v) is 27.7. The smallest absolute Gasteiger partial charge is 0.0159 e. The Bertz CT molecular complexity index is 2720. The van der Waals surface area contributed by atoms with Crippen molar-refractivity contribution >= 4 is 43.1 Å². The zero-order chi connectivity index (χ0) is 32.7. The molecule has 1 aliphatic rings. The van der Waals surface area contributed by atoms with Gasteiger partial charge in [0.1, 0.15) is 0 Å². The molecule has 1 aliphatic carbocycles. The molecule has 49 heavy (non-hydrogen) atoms. The van der Waals surface area contributed by atoms with Crippen molar-refractivity contribution in [3.8, 4) is 44.5 Å². The quantitative estimate of drug-likeness (QED) is 0.172. The summed E-state index contributed by atoms with van der Waals surface area (Å²) in [6, 6.07) is 63.1. The second kappa shape index (κ2) is 10.5. The van der Waals surface area contributed by atoms with E-state index < -0.39 is 0 Å². The predicted molar refractivity (Wildman–Crippen MR) is 210 cm³/mol. The number of hydrogen-bond donors (Lipinski definition) is 0. The minimum atomic E-state index is -0.0561. The molecule has 0 spiro atoms. The normalized spacial score (nSPS) is 13.3. The van der Waals surface area contributed by atoms with E-state index in [0.717, 1.165) is 0 Å². The number of fused-ring (bicyclic) bond motifs is 8. The van der Waals surface area contributed by atoms with E-state index in [2.05, 4.69) is 184 Å². The van der Waals surface area contributed by atoms with Crippen molar-refractivity contribution in [3.63, 3.8) is 0 Å². The number of hydrogen-bond acceptors (Lipinski definition) is 0. The van der Waals surface area contributed by atoms with Crippen molar-refractivity contribution < 1.29 is 0 Å². The molecule has 0 aromatic heterocycles. The molecule has 0 fully saturated rings. The van der Waals surface area contributed by atoms with Gasteiger partial charge < -0.3 is 0 Å². The fraction of sp³-hybridized carbons (Fsp3) is 0.0612. The molecule has 0 aliphatic heterocycles. The van der Waals surface area contributed by atoms with Gasteiger partial charge in [-0.15, -0.1) is 0 Å². The minimum absolute atomic E-state index is 0.0561. The minimum Gasteiger partial charge on any atom is -0.0616 e. The second-order valence-corrected chi connectivity index (χ2v) is 14.0. The van der Waals surface area contributed by atoms with Crippen molar-refractivity contribution in [2.24, 2.45) is 0 Å². The molecule has 0 heterocycles. The molecule has 0 atom stereocenters. The summed E-state index contributed by atoms with van der Waals surface area (Å²) < 4.78 is 0. The van der Waals surface area contributed by atoms with Gasteiger partial charge in [0, 0.05) is 5.41 Å². The molecule has 0 bridgehead atoms. The van der Waals surface area contributed by atoms with E-state index in [1.54, 1.807) is 0 Å². The van der Waals surface area contributed by atoms with E-state index in [4.69, 9.17) is 0 Å². The SMILES string of the molecule is CC1(C)c2ccc(-c3c4ccccc4c(-c4ccc(-c5cccc6ccccc56)cc4)c4ccccc34)cc2-c2c1ccc1ccccc21. The third-order valence-electron chi connectivity index (χ3n) is 11.1. The van der Waals surface area contributed by atoms with E-state index in [-0.39, 0.29) is 5.41 Å². The second-order valence-electron chi connectivity index (χ2n) is 14.0. The first-order valence-corrected chi connectivity index (χ1v) is 17.3. The molecule has 9 aromatic rings. The lowest BCUT2D eigenvalue weighted by Gasteiger charge is -2.22. The highest BCUT2D eigenvalue weighted by Crippen LogP contribution is 2.53. The lowest BCUT2D eigenvalue weighted by atomic mass is 9.81. The van der Waals surface area contributed by atoms with Gasteiger partial charge in [0.05, 0.1) is 0 Å². The number of benzene rings is 9. The Morgan fingerprint density at radius 2 is 0.776 bits per heavy atom. The van der Waals surface area contributed by atoms with Crippen LogP contribution in [0, 0.1) is 0 Å². The molecule has 0 heteroatoms. The maximum absolute atomic E-state index is 2.47. The van der Waals surface area contributed by atoms with Crippen molar-refractivity contribution in [3.05, 3.63) is 181 Å². The van der Waals surface area contributed by atoms with Gasteiger partial charge in [0.15, 0.2) is 0 Å². The Kier molecular flexibility index (Phi) is 6.02. The van der Waals surface area contributed by atoms with Gasteiger partial charge in [0.2, 0.25) is 0 Å². The third kappa shape index (κ3) is 4.11. The van der Waals surface area contributed by atoms with Crippen LogP contribution in [0.4, 0.5) is 0 Å². The van der Waals surface area contributed by atoms with E-state index in [1.165, 1.54) is 98.7 Å². The highest BCUT2D eigenvalue weighted by Gasteiger charge is 2.36. The van der Waals surface area contributed by atoms with Crippen LogP contribution in [0.1, 0.15) is 25.0 Å². The molecule has 0 unspecified atom stereocenters. The van der Waals surface area contributed by atoms with Gasteiger partial charge in [-0.05, 0) is 105 Å². The van der Waals surface area contributed by atoms with Gasteiger partial charge >= 0.3 is 0 Å². The third-order valence-corrected chi connectivity index (χ3v) is 11.1. The largest absolute Gasteiger partial charge is 0.0616 e. The maximum atomic E-state index is 2.47. The van der Waals surface area contributed by atoms with E-state index in [9.17, 15) is 0 Å². The molecule has 0 saturated heterocycles. The first kappa shape index (κ1) is 28.1. The molecule has 9 aromatic carbocycles. The highest BCUT2D eigenvalue weighted by atomic mass is 14.4.